The van der Waals surface area contributed by atoms with Crippen LogP contribution in [-0.2, 0) is 40.1 Å². The summed E-state index contributed by atoms with van der Waals surface area (Å²) in [4.78, 5) is 26.0. The molecule has 5 aromatic rings. The number of pyridine rings is 4. The number of carbonyl (C=O) groups excluding carboxylic acids is 1. The van der Waals surface area contributed by atoms with Gasteiger partial charge in [-0.2, -0.15) is 30.6 Å². The van der Waals surface area contributed by atoms with Gasteiger partial charge in [-0.25, -0.2) is 34.8 Å². The Morgan fingerprint density at radius 2 is 1.19 bits per heavy atom. The molecule has 308 valence electrons. The van der Waals surface area contributed by atoms with Crippen LogP contribution in [0, 0.1) is 29.1 Å². The quantitative estimate of drug-likeness (QED) is 0.149. The molecule has 2 N–H and O–H groups in total. The lowest BCUT2D eigenvalue weighted by Crippen LogP contribution is -2.40. The Morgan fingerprint density at radius 1 is 0.707 bits per heavy atom. The normalized spacial score (nSPS) is 16.2. The van der Waals surface area contributed by atoms with Crippen LogP contribution in [0.1, 0.15) is 35.6 Å². The number of hydrogen-bond donors (Lipinski definition) is 1. The largest absolute Gasteiger partial charge is 0.433 e. The predicted octanol–water partition coefficient (Wildman–Crippen LogP) is 7.78. The van der Waals surface area contributed by atoms with Crippen molar-refractivity contribution in [2.45, 2.75) is 55.3 Å². The van der Waals surface area contributed by atoms with Crippen LogP contribution in [0.5, 0.6) is 0 Å². The molecule has 0 amide bonds. The van der Waals surface area contributed by atoms with Crippen molar-refractivity contribution in [3.8, 4) is 22.3 Å². The average Bonchev–Trinajstić information content (AvgIpc) is 3.57. The lowest BCUT2D eigenvalue weighted by molar-refractivity contribution is -0.141. The van der Waals surface area contributed by atoms with E-state index in [1.807, 2.05) is 0 Å². The second kappa shape index (κ2) is 17.2. The van der Waals surface area contributed by atoms with Gasteiger partial charge >= 0.3 is 12.4 Å². The van der Waals surface area contributed by atoms with E-state index in [0.717, 1.165) is 48.8 Å². The van der Waals surface area contributed by atoms with E-state index in [4.69, 9.17) is 5.73 Å². The summed E-state index contributed by atoms with van der Waals surface area (Å²) >= 11 is 0. The Labute approximate surface area is 320 Å². The molecule has 4 aromatic heterocycles. The summed E-state index contributed by atoms with van der Waals surface area (Å²) in [5, 5.41) is 0. The monoisotopic (exact) mass is 850 g/mol. The molecule has 0 bridgehead atoms. The number of aromatic nitrogens is 4. The topological polar surface area (TPSA) is 132 Å². The molecule has 9 nitrogen and oxygen atoms in total. The third kappa shape index (κ3) is 9.61. The molecular weight excluding hydrogens is 824 g/mol. The summed E-state index contributed by atoms with van der Waals surface area (Å²) in [6.45, 7) is -0.864. The van der Waals surface area contributed by atoms with E-state index in [1.54, 1.807) is 0 Å². The molecule has 0 spiro atoms. The van der Waals surface area contributed by atoms with E-state index in [1.165, 1.54) is 0 Å². The van der Waals surface area contributed by atoms with Crippen molar-refractivity contribution >= 4 is 15.8 Å². The summed E-state index contributed by atoms with van der Waals surface area (Å²) in [6.07, 6.45) is -9.59. The number of hydrogen-bond acceptors (Lipinski definition) is 8. The number of ketones is 1. The fourth-order valence-electron chi connectivity index (χ4n) is 5.74. The molecule has 0 unspecified atom stereocenters. The first-order chi connectivity index (χ1) is 27.1. The Kier molecular flexibility index (Phi) is 12.9. The van der Waals surface area contributed by atoms with Crippen LogP contribution in [-0.4, -0.2) is 57.2 Å². The van der Waals surface area contributed by atoms with Gasteiger partial charge in [-0.3, -0.25) is 24.7 Å². The summed E-state index contributed by atoms with van der Waals surface area (Å²) in [6, 6.07) is 5.33. The first-order valence-corrected chi connectivity index (χ1v) is 17.9. The van der Waals surface area contributed by atoms with Gasteiger partial charge in [0.15, 0.2) is 29.1 Å². The second-order valence-corrected chi connectivity index (χ2v) is 14.3. The van der Waals surface area contributed by atoms with Crippen LogP contribution < -0.4 is 5.73 Å². The fourth-order valence-corrected chi connectivity index (χ4v) is 7.39. The molecule has 0 radical (unpaired) electrons. The van der Waals surface area contributed by atoms with Gasteiger partial charge in [0, 0.05) is 49.5 Å². The van der Waals surface area contributed by atoms with Crippen molar-refractivity contribution in [3.63, 3.8) is 0 Å². The van der Waals surface area contributed by atoms with Gasteiger partial charge in [0.25, 0.3) is 0 Å². The third-order valence-corrected chi connectivity index (χ3v) is 10.5. The van der Waals surface area contributed by atoms with Crippen molar-refractivity contribution in [3.05, 3.63) is 125 Å². The van der Waals surface area contributed by atoms with Gasteiger partial charge in [0.05, 0.1) is 45.8 Å². The minimum absolute atomic E-state index is 0.120. The van der Waals surface area contributed by atoms with E-state index < -0.39 is 123 Å². The summed E-state index contributed by atoms with van der Waals surface area (Å²) < 4.78 is 186. The number of sulfonamides is 1. The summed E-state index contributed by atoms with van der Waals surface area (Å²) in [7, 11) is -4.36. The van der Waals surface area contributed by atoms with Crippen LogP contribution in [0.15, 0.2) is 78.2 Å². The van der Waals surface area contributed by atoms with Crippen LogP contribution in [0.3, 0.4) is 0 Å². The molecular formula is C36H26F12N6O3S. The highest BCUT2D eigenvalue weighted by atomic mass is 32.2. The highest BCUT2D eigenvalue weighted by molar-refractivity contribution is 7.89. The van der Waals surface area contributed by atoms with Gasteiger partial charge in [0.1, 0.15) is 23.4 Å². The van der Waals surface area contributed by atoms with Gasteiger partial charge in [0.2, 0.25) is 10.0 Å². The molecule has 1 saturated heterocycles. The zero-order chi connectivity index (χ0) is 42.7. The predicted molar refractivity (Wildman–Crippen MR) is 180 cm³/mol. The summed E-state index contributed by atoms with van der Waals surface area (Å²) in [5.74, 6) is -5.85. The molecule has 1 aliphatic heterocycles. The Hall–Kier alpha value is -5.48. The number of nitrogens with zero attached hydrogens (tertiary/aromatic N) is 5. The van der Waals surface area contributed by atoms with Crippen LogP contribution >= 0.6 is 0 Å². The zero-order valence-corrected chi connectivity index (χ0v) is 29.9. The van der Waals surface area contributed by atoms with Crippen molar-refractivity contribution in [2.75, 3.05) is 6.54 Å². The first-order valence-electron chi connectivity index (χ1n) is 16.5. The van der Waals surface area contributed by atoms with Crippen molar-refractivity contribution in [1.29, 1.82) is 0 Å². The van der Waals surface area contributed by atoms with Crippen molar-refractivity contribution in [1.82, 2.24) is 24.2 Å². The highest BCUT2D eigenvalue weighted by Gasteiger charge is 2.44. The zero-order valence-electron chi connectivity index (χ0n) is 29.1. The molecule has 6 rings (SSSR count). The summed E-state index contributed by atoms with van der Waals surface area (Å²) in [5.41, 5.74) is 0.638. The molecule has 2 atom stereocenters. The Bertz CT molecular complexity index is 2380. The molecule has 1 fully saturated rings. The molecule has 1 aromatic carbocycles. The lowest BCUT2D eigenvalue weighted by Gasteiger charge is -2.22. The number of aryl methyl sites for hydroxylation is 1. The van der Waals surface area contributed by atoms with Crippen molar-refractivity contribution in [2.24, 2.45) is 5.73 Å². The minimum atomic E-state index is -4.75. The maximum absolute atomic E-state index is 15.1. The van der Waals surface area contributed by atoms with Gasteiger partial charge < -0.3 is 5.73 Å². The second-order valence-electron chi connectivity index (χ2n) is 12.4. The van der Waals surface area contributed by atoms with Crippen LogP contribution in [0.25, 0.3) is 22.3 Å². The third-order valence-electron chi connectivity index (χ3n) is 8.57. The van der Waals surface area contributed by atoms with Gasteiger partial charge in [-0.1, -0.05) is 12.1 Å². The van der Waals surface area contributed by atoms with E-state index in [-0.39, 0.29) is 28.3 Å². The molecule has 22 heteroatoms. The molecule has 0 aliphatic carbocycles. The SMILES string of the molecule is NCc1ncc(F)c(-c2ccc(C(F)(F)F)nc2)c1F.O=C(CCc1ncc(F)c(-c2ccc(C(F)(F)F)nc2)c1F)[C@@H]1C[C@@H](F)CN1S(=O)(=O)c1ccc(F)cc1. The maximum Gasteiger partial charge on any atom is 0.433 e. The lowest BCUT2D eigenvalue weighted by atomic mass is 10.0. The van der Waals surface area contributed by atoms with Gasteiger partial charge in [-0.05, 0) is 42.8 Å². The van der Waals surface area contributed by atoms with Gasteiger partial charge in [-0.15, -0.1) is 0 Å². The average molecular weight is 851 g/mol. The van der Waals surface area contributed by atoms with Crippen LogP contribution in [0.4, 0.5) is 52.7 Å². The smallest absolute Gasteiger partial charge is 0.325 e. The number of rotatable bonds is 9. The van der Waals surface area contributed by atoms with E-state index in [2.05, 4.69) is 19.9 Å². The number of carbonyl (C=O) groups is 1. The molecule has 5 heterocycles. The molecule has 0 saturated carbocycles. The first kappa shape index (κ1) is 43.6. The van der Waals surface area contributed by atoms with E-state index in [0.29, 0.717) is 28.8 Å². The number of nitrogens with two attached hydrogens (primary N) is 1. The number of benzene rings is 1. The standard InChI is InChI=1S/C24H18F7N3O3S.C12H8F5N3/c25-14-2-4-16(5-3-14)38(36,37)34-12-15(26)9-19(34)20(35)7-6-18-23(28)22(17(27)11-32-18)13-1-8-21(33-10-13)24(29,30)31;13-7-5-19-8(3-18)11(14)10(7)6-1-2-9(20-4-6)12(15,16)17/h1-5,8,10-11,15,19H,6-7,9,12H2;1-2,4-5H,3,18H2/t15-,19+;/m1./s1. The Morgan fingerprint density at radius 3 is 1.64 bits per heavy atom. The maximum atomic E-state index is 15.1. The minimum Gasteiger partial charge on any atom is -0.325 e. The Balaban J connectivity index is 0.000000269. The number of halogens is 12. The van der Waals surface area contributed by atoms with Crippen LogP contribution in [0.2, 0.25) is 0 Å². The molecule has 58 heavy (non-hydrogen) atoms. The van der Waals surface area contributed by atoms with E-state index in [9.17, 15) is 61.5 Å². The van der Waals surface area contributed by atoms with E-state index >= 15 is 4.39 Å². The molecule has 1 aliphatic rings. The van der Waals surface area contributed by atoms with Crippen molar-refractivity contribution < 1.29 is 65.9 Å². The fraction of sp³-hybridized carbons (Fsp3) is 0.250. The number of Topliss-reactive ketones (excluding diaryl/α,β-unsaturated/α-hetero) is 1. The number of alkyl halides is 7. The highest BCUT2D eigenvalue weighted by Crippen LogP contribution is 2.34.